The molecule has 3 rings (SSSR count). The number of nitrogens with zero attached hydrogens (tertiary/aromatic N) is 2. The molecule has 0 radical (unpaired) electrons. The summed E-state index contributed by atoms with van der Waals surface area (Å²) in [5.41, 5.74) is 0.591. The molecule has 0 unspecified atom stereocenters. The van der Waals surface area contributed by atoms with Crippen LogP contribution < -0.4 is 14.8 Å². The minimum Gasteiger partial charge on any atom is -0.497 e. The van der Waals surface area contributed by atoms with Crippen LogP contribution in [0.5, 0.6) is 11.5 Å². The summed E-state index contributed by atoms with van der Waals surface area (Å²) in [6.45, 7) is 2.55. The van der Waals surface area contributed by atoms with Crippen LogP contribution in [0.25, 0.3) is 0 Å². The van der Waals surface area contributed by atoms with Gasteiger partial charge in [0, 0.05) is 44.7 Å². The highest BCUT2D eigenvalue weighted by molar-refractivity contribution is 7.89. The summed E-state index contributed by atoms with van der Waals surface area (Å²) in [6, 6.07) is 10.8. The van der Waals surface area contributed by atoms with E-state index in [1.165, 1.54) is 49.7 Å². The monoisotopic (exact) mass is 447 g/mol. The van der Waals surface area contributed by atoms with E-state index < -0.39 is 15.9 Å². The van der Waals surface area contributed by atoms with E-state index in [0.29, 0.717) is 30.3 Å². The molecule has 9 nitrogen and oxygen atoms in total. The minimum atomic E-state index is -3.79. The Morgan fingerprint density at radius 2 is 1.68 bits per heavy atom. The van der Waals surface area contributed by atoms with Crippen LogP contribution >= 0.6 is 0 Å². The third-order valence-corrected chi connectivity index (χ3v) is 6.97. The Balaban J connectivity index is 1.80. The molecule has 1 aliphatic heterocycles. The zero-order valence-electron chi connectivity index (χ0n) is 17.6. The number of carbonyl (C=O) groups is 2. The first kappa shape index (κ1) is 22.6. The summed E-state index contributed by atoms with van der Waals surface area (Å²) in [5, 5.41) is 2.73. The maximum absolute atomic E-state index is 13.0. The number of nitrogens with one attached hydrogen (secondary N) is 1. The smallest absolute Gasteiger partial charge is 0.255 e. The molecule has 0 atom stereocenters. The van der Waals surface area contributed by atoms with E-state index >= 15 is 0 Å². The highest BCUT2D eigenvalue weighted by Gasteiger charge is 2.29. The molecule has 0 spiro atoms. The first-order valence-corrected chi connectivity index (χ1v) is 11.1. The average Bonchev–Trinajstić information content (AvgIpc) is 2.79. The number of benzene rings is 2. The number of carbonyl (C=O) groups excluding carboxylic acids is 2. The molecule has 10 heteroatoms. The number of ether oxygens (including phenoxy) is 2. The number of hydrogen-bond donors (Lipinski definition) is 1. The molecule has 1 saturated heterocycles. The molecule has 31 heavy (non-hydrogen) atoms. The van der Waals surface area contributed by atoms with Crippen molar-refractivity contribution in [3.63, 3.8) is 0 Å². The van der Waals surface area contributed by atoms with Crippen molar-refractivity contribution in [3.8, 4) is 11.5 Å². The Morgan fingerprint density at radius 3 is 2.29 bits per heavy atom. The normalized spacial score (nSPS) is 14.7. The van der Waals surface area contributed by atoms with Crippen molar-refractivity contribution in [1.29, 1.82) is 0 Å². The van der Waals surface area contributed by atoms with Crippen molar-refractivity contribution in [3.05, 3.63) is 48.0 Å². The van der Waals surface area contributed by atoms with Crippen molar-refractivity contribution < 1.29 is 27.5 Å². The van der Waals surface area contributed by atoms with E-state index in [0.717, 1.165) is 0 Å². The van der Waals surface area contributed by atoms with Gasteiger partial charge in [0.05, 0.1) is 24.8 Å². The first-order chi connectivity index (χ1) is 14.8. The third kappa shape index (κ3) is 4.97. The van der Waals surface area contributed by atoms with E-state index in [1.807, 2.05) is 0 Å². The molecule has 0 aromatic heterocycles. The number of anilines is 1. The second kappa shape index (κ2) is 9.36. The zero-order valence-corrected chi connectivity index (χ0v) is 18.4. The molecule has 2 amide bonds. The summed E-state index contributed by atoms with van der Waals surface area (Å²) >= 11 is 0. The molecule has 2 aromatic carbocycles. The molecule has 0 aliphatic carbocycles. The SMILES string of the molecule is COc1ccc(OC)c(NC(=O)c2cccc(S(=O)(=O)N3CCN(C(C)=O)CC3)c2)c1. The number of amides is 2. The Morgan fingerprint density at radius 1 is 0.968 bits per heavy atom. The summed E-state index contributed by atoms with van der Waals surface area (Å²) in [4.78, 5) is 25.9. The Hall–Kier alpha value is -3.11. The lowest BCUT2D eigenvalue weighted by atomic mass is 10.2. The van der Waals surface area contributed by atoms with Gasteiger partial charge in [-0.15, -0.1) is 0 Å². The fourth-order valence-corrected chi connectivity index (χ4v) is 4.77. The number of piperazine rings is 1. The summed E-state index contributed by atoms with van der Waals surface area (Å²) < 4.78 is 37.8. The molecule has 0 saturated carbocycles. The fourth-order valence-electron chi connectivity index (χ4n) is 3.30. The van der Waals surface area contributed by atoms with Crippen molar-refractivity contribution >= 4 is 27.5 Å². The maximum Gasteiger partial charge on any atom is 0.255 e. The van der Waals surface area contributed by atoms with Crippen LogP contribution in [0, 0.1) is 0 Å². The van der Waals surface area contributed by atoms with Gasteiger partial charge in [0.25, 0.3) is 5.91 Å². The molecular formula is C21H25N3O6S. The average molecular weight is 448 g/mol. The summed E-state index contributed by atoms with van der Waals surface area (Å²) in [5.74, 6) is 0.423. The molecule has 1 aliphatic rings. The third-order valence-electron chi connectivity index (χ3n) is 5.07. The van der Waals surface area contributed by atoms with E-state index in [4.69, 9.17) is 9.47 Å². The standard InChI is InChI=1S/C21H25N3O6S/c1-15(25)23-9-11-24(12-10-23)31(27,28)18-6-4-5-16(13-18)21(26)22-19-14-17(29-2)7-8-20(19)30-3/h4-8,13-14H,9-12H2,1-3H3,(H,22,26). The van der Waals surface area contributed by atoms with Crippen molar-refractivity contribution in [2.75, 3.05) is 45.7 Å². The number of methoxy groups -OCH3 is 2. The van der Waals surface area contributed by atoms with Gasteiger partial charge >= 0.3 is 0 Å². The number of rotatable bonds is 6. The second-order valence-corrected chi connectivity index (χ2v) is 8.90. The Bertz CT molecular complexity index is 1080. The van der Waals surface area contributed by atoms with Gasteiger partial charge in [-0.25, -0.2) is 8.42 Å². The lowest BCUT2D eigenvalue weighted by Crippen LogP contribution is -2.49. The molecular weight excluding hydrogens is 422 g/mol. The Kier molecular flexibility index (Phi) is 6.81. The second-order valence-electron chi connectivity index (χ2n) is 6.96. The quantitative estimate of drug-likeness (QED) is 0.724. The van der Waals surface area contributed by atoms with Gasteiger partial charge in [-0.1, -0.05) is 6.07 Å². The van der Waals surface area contributed by atoms with Gasteiger partial charge in [-0.2, -0.15) is 4.31 Å². The zero-order chi connectivity index (χ0) is 22.6. The maximum atomic E-state index is 13.0. The topological polar surface area (TPSA) is 105 Å². The van der Waals surface area contributed by atoms with Crippen LogP contribution in [-0.4, -0.2) is 69.8 Å². The molecule has 0 bridgehead atoms. The van der Waals surface area contributed by atoms with Gasteiger partial charge < -0.3 is 19.7 Å². The predicted molar refractivity (Wildman–Crippen MR) is 115 cm³/mol. The van der Waals surface area contributed by atoms with Crippen molar-refractivity contribution in [2.24, 2.45) is 0 Å². The first-order valence-electron chi connectivity index (χ1n) is 9.65. The van der Waals surface area contributed by atoms with Gasteiger partial charge in [0.1, 0.15) is 11.5 Å². The van der Waals surface area contributed by atoms with E-state index in [1.54, 1.807) is 23.1 Å². The summed E-state index contributed by atoms with van der Waals surface area (Å²) in [7, 11) is -0.798. The van der Waals surface area contributed by atoms with Gasteiger partial charge in [0.15, 0.2) is 0 Å². The van der Waals surface area contributed by atoms with Crippen LogP contribution in [0.1, 0.15) is 17.3 Å². The van der Waals surface area contributed by atoms with Crippen LogP contribution in [0.3, 0.4) is 0 Å². The lowest BCUT2D eigenvalue weighted by Gasteiger charge is -2.33. The van der Waals surface area contributed by atoms with Crippen LogP contribution in [0.2, 0.25) is 0 Å². The van der Waals surface area contributed by atoms with Gasteiger partial charge in [0.2, 0.25) is 15.9 Å². The van der Waals surface area contributed by atoms with E-state index in [9.17, 15) is 18.0 Å². The van der Waals surface area contributed by atoms with Crippen molar-refractivity contribution in [1.82, 2.24) is 9.21 Å². The van der Waals surface area contributed by atoms with Crippen LogP contribution in [0.15, 0.2) is 47.4 Å². The Labute approximate surface area is 181 Å². The molecule has 1 fully saturated rings. The van der Waals surface area contributed by atoms with Gasteiger partial charge in [-0.3, -0.25) is 9.59 Å². The minimum absolute atomic E-state index is 0.0223. The van der Waals surface area contributed by atoms with E-state index in [2.05, 4.69) is 5.32 Å². The van der Waals surface area contributed by atoms with Crippen molar-refractivity contribution in [2.45, 2.75) is 11.8 Å². The largest absolute Gasteiger partial charge is 0.497 e. The molecule has 1 heterocycles. The fraction of sp³-hybridized carbons (Fsp3) is 0.333. The predicted octanol–water partition coefficient (Wildman–Crippen LogP) is 1.81. The van der Waals surface area contributed by atoms with Crippen LogP contribution in [0.4, 0.5) is 5.69 Å². The number of hydrogen-bond acceptors (Lipinski definition) is 6. The van der Waals surface area contributed by atoms with Crippen LogP contribution in [-0.2, 0) is 14.8 Å². The molecule has 2 aromatic rings. The molecule has 1 N–H and O–H groups in total. The lowest BCUT2D eigenvalue weighted by molar-refractivity contribution is -0.129. The highest BCUT2D eigenvalue weighted by atomic mass is 32.2. The van der Waals surface area contributed by atoms with E-state index in [-0.39, 0.29) is 29.5 Å². The van der Waals surface area contributed by atoms with Gasteiger partial charge in [-0.05, 0) is 30.3 Å². The summed E-state index contributed by atoms with van der Waals surface area (Å²) in [6.07, 6.45) is 0. The number of sulfonamides is 1. The molecule has 166 valence electrons. The highest BCUT2D eigenvalue weighted by Crippen LogP contribution is 2.29.